The van der Waals surface area contributed by atoms with E-state index in [0.29, 0.717) is 19.5 Å². The highest BCUT2D eigenvalue weighted by Crippen LogP contribution is 2.33. The number of rotatable bonds is 5. The maximum atomic E-state index is 13.2. The van der Waals surface area contributed by atoms with Crippen LogP contribution in [0.25, 0.3) is 0 Å². The Morgan fingerprint density at radius 2 is 1.74 bits per heavy atom. The standard InChI is InChI=1S/C23H28N2O2/c1-17(2)25(16-19-9-5-4-6-10-19)23(27)15-22-21-12-8-7-11-20(21)13-14-24(22)18(3)26/h4-12,17,22H,13-16H2,1-3H3. The summed E-state index contributed by atoms with van der Waals surface area (Å²) >= 11 is 0. The van der Waals surface area contributed by atoms with Gasteiger partial charge in [0.25, 0.3) is 0 Å². The molecule has 0 saturated carbocycles. The number of benzene rings is 2. The van der Waals surface area contributed by atoms with Gasteiger partial charge in [-0.05, 0) is 37.0 Å². The van der Waals surface area contributed by atoms with Gasteiger partial charge in [0.2, 0.25) is 11.8 Å². The molecule has 1 heterocycles. The average molecular weight is 364 g/mol. The fourth-order valence-corrected chi connectivity index (χ4v) is 3.87. The van der Waals surface area contributed by atoms with Gasteiger partial charge in [-0.25, -0.2) is 0 Å². The van der Waals surface area contributed by atoms with Crippen molar-refractivity contribution in [3.8, 4) is 0 Å². The fraction of sp³-hybridized carbons (Fsp3) is 0.391. The lowest BCUT2D eigenvalue weighted by Gasteiger charge is -2.38. The van der Waals surface area contributed by atoms with Crippen LogP contribution in [0, 0.1) is 0 Å². The van der Waals surface area contributed by atoms with E-state index in [-0.39, 0.29) is 23.9 Å². The summed E-state index contributed by atoms with van der Waals surface area (Å²) < 4.78 is 0. The third-order valence-corrected chi connectivity index (χ3v) is 5.32. The molecule has 0 N–H and O–H groups in total. The van der Waals surface area contributed by atoms with Gasteiger partial charge < -0.3 is 9.80 Å². The zero-order chi connectivity index (χ0) is 19.4. The largest absolute Gasteiger partial charge is 0.336 e. The molecule has 2 amide bonds. The third-order valence-electron chi connectivity index (χ3n) is 5.32. The highest BCUT2D eigenvalue weighted by Gasteiger charge is 2.32. The van der Waals surface area contributed by atoms with Gasteiger partial charge in [-0.2, -0.15) is 0 Å². The smallest absolute Gasteiger partial charge is 0.225 e. The van der Waals surface area contributed by atoms with E-state index in [1.54, 1.807) is 6.92 Å². The van der Waals surface area contributed by atoms with Crippen LogP contribution in [0.4, 0.5) is 0 Å². The van der Waals surface area contributed by atoms with Gasteiger partial charge in [0.1, 0.15) is 0 Å². The van der Waals surface area contributed by atoms with Crippen LogP contribution in [0.1, 0.15) is 49.9 Å². The van der Waals surface area contributed by atoms with Crippen LogP contribution in [0.2, 0.25) is 0 Å². The molecule has 142 valence electrons. The number of nitrogens with zero attached hydrogens (tertiary/aromatic N) is 2. The van der Waals surface area contributed by atoms with E-state index < -0.39 is 0 Å². The zero-order valence-electron chi connectivity index (χ0n) is 16.4. The summed E-state index contributed by atoms with van der Waals surface area (Å²) in [6.45, 7) is 6.93. The Balaban J connectivity index is 1.83. The van der Waals surface area contributed by atoms with Crippen molar-refractivity contribution in [1.29, 1.82) is 0 Å². The van der Waals surface area contributed by atoms with Crippen LogP contribution in [0.3, 0.4) is 0 Å². The molecule has 0 saturated heterocycles. The first-order valence-electron chi connectivity index (χ1n) is 9.65. The summed E-state index contributed by atoms with van der Waals surface area (Å²) in [4.78, 5) is 29.2. The molecule has 1 aliphatic heterocycles. The lowest BCUT2D eigenvalue weighted by molar-refractivity contribution is -0.138. The molecular formula is C23H28N2O2. The molecule has 2 aromatic rings. The minimum Gasteiger partial charge on any atom is -0.336 e. The van der Waals surface area contributed by atoms with Gasteiger partial charge in [0.05, 0.1) is 12.5 Å². The molecule has 1 atom stereocenters. The topological polar surface area (TPSA) is 40.6 Å². The Hall–Kier alpha value is -2.62. The molecule has 1 aliphatic rings. The first kappa shape index (κ1) is 19.2. The Labute approximate surface area is 161 Å². The van der Waals surface area contributed by atoms with Gasteiger partial charge in [0, 0.05) is 26.1 Å². The van der Waals surface area contributed by atoms with E-state index in [9.17, 15) is 9.59 Å². The quantitative estimate of drug-likeness (QED) is 0.806. The molecule has 3 rings (SSSR count). The van der Waals surface area contributed by atoms with Gasteiger partial charge in [0.15, 0.2) is 0 Å². The van der Waals surface area contributed by atoms with Crippen LogP contribution in [0.15, 0.2) is 54.6 Å². The maximum Gasteiger partial charge on any atom is 0.225 e. The molecular weight excluding hydrogens is 336 g/mol. The van der Waals surface area contributed by atoms with Crippen molar-refractivity contribution in [2.75, 3.05) is 6.54 Å². The predicted molar refractivity (Wildman–Crippen MR) is 107 cm³/mol. The van der Waals surface area contributed by atoms with Gasteiger partial charge in [-0.15, -0.1) is 0 Å². The number of carbonyl (C=O) groups is 2. The SMILES string of the molecule is CC(=O)N1CCc2ccccc2C1CC(=O)N(Cc1ccccc1)C(C)C. The van der Waals surface area contributed by atoms with Crippen LogP contribution in [0.5, 0.6) is 0 Å². The number of carbonyl (C=O) groups excluding carboxylic acids is 2. The molecule has 1 unspecified atom stereocenters. The summed E-state index contributed by atoms with van der Waals surface area (Å²) in [6.07, 6.45) is 1.17. The van der Waals surface area contributed by atoms with E-state index in [0.717, 1.165) is 17.5 Å². The number of amides is 2. The van der Waals surface area contributed by atoms with Gasteiger partial charge >= 0.3 is 0 Å². The third kappa shape index (κ3) is 4.38. The molecule has 0 radical (unpaired) electrons. The van der Waals surface area contributed by atoms with Crippen molar-refractivity contribution < 1.29 is 9.59 Å². The highest BCUT2D eigenvalue weighted by atomic mass is 16.2. The molecule has 2 aromatic carbocycles. The van der Waals surface area contributed by atoms with Crippen LogP contribution in [-0.2, 0) is 22.6 Å². The number of hydrogen-bond donors (Lipinski definition) is 0. The van der Waals surface area contributed by atoms with Crippen molar-refractivity contribution >= 4 is 11.8 Å². The fourth-order valence-electron chi connectivity index (χ4n) is 3.87. The summed E-state index contributed by atoms with van der Waals surface area (Å²) in [5, 5.41) is 0. The lowest BCUT2D eigenvalue weighted by Crippen LogP contribution is -2.43. The molecule has 4 heteroatoms. The Morgan fingerprint density at radius 3 is 2.41 bits per heavy atom. The molecule has 0 bridgehead atoms. The van der Waals surface area contributed by atoms with E-state index in [4.69, 9.17) is 0 Å². The highest BCUT2D eigenvalue weighted by molar-refractivity contribution is 5.80. The predicted octanol–water partition coefficient (Wildman–Crippen LogP) is 3.96. The number of hydrogen-bond acceptors (Lipinski definition) is 2. The van der Waals surface area contributed by atoms with Gasteiger partial charge in [-0.3, -0.25) is 9.59 Å². The van der Waals surface area contributed by atoms with Crippen molar-refractivity contribution in [1.82, 2.24) is 9.80 Å². The minimum atomic E-state index is -0.183. The second kappa shape index (κ2) is 8.38. The first-order valence-corrected chi connectivity index (χ1v) is 9.65. The van der Waals surface area contributed by atoms with Crippen LogP contribution < -0.4 is 0 Å². The van der Waals surface area contributed by atoms with E-state index in [2.05, 4.69) is 12.1 Å². The summed E-state index contributed by atoms with van der Waals surface area (Å²) in [7, 11) is 0. The summed E-state index contributed by atoms with van der Waals surface area (Å²) in [5.74, 6) is 0.114. The van der Waals surface area contributed by atoms with Gasteiger partial charge in [-0.1, -0.05) is 54.6 Å². The Kier molecular flexibility index (Phi) is 5.94. The van der Waals surface area contributed by atoms with Crippen LogP contribution in [-0.4, -0.2) is 34.2 Å². The molecule has 27 heavy (non-hydrogen) atoms. The van der Waals surface area contributed by atoms with E-state index in [1.165, 1.54) is 5.56 Å². The normalized spacial score (nSPS) is 16.1. The van der Waals surface area contributed by atoms with Crippen molar-refractivity contribution in [3.05, 3.63) is 71.3 Å². The zero-order valence-corrected chi connectivity index (χ0v) is 16.4. The van der Waals surface area contributed by atoms with Crippen LogP contribution >= 0.6 is 0 Å². The molecule has 0 spiro atoms. The Morgan fingerprint density at radius 1 is 1.07 bits per heavy atom. The second-order valence-corrected chi connectivity index (χ2v) is 7.48. The molecule has 0 fully saturated rings. The summed E-state index contributed by atoms with van der Waals surface area (Å²) in [6, 6.07) is 18.1. The van der Waals surface area contributed by atoms with Crippen molar-refractivity contribution in [2.24, 2.45) is 0 Å². The lowest BCUT2D eigenvalue weighted by atomic mass is 9.90. The first-order chi connectivity index (χ1) is 13.0. The second-order valence-electron chi connectivity index (χ2n) is 7.48. The monoisotopic (exact) mass is 364 g/mol. The summed E-state index contributed by atoms with van der Waals surface area (Å²) in [5.41, 5.74) is 3.47. The minimum absolute atomic E-state index is 0.0291. The Bertz CT molecular complexity index is 801. The average Bonchev–Trinajstić information content (AvgIpc) is 2.66. The maximum absolute atomic E-state index is 13.2. The van der Waals surface area contributed by atoms with E-state index >= 15 is 0 Å². The van der Waals surface area contributed by atoms with E-state index in [1.807, 2.05) is 66.1 Å². The van der Waals surface area contributed by atoms with Crippen molar-refractivity contribution in [2.45, 2.75) is 52.2 Å². The van der Waals surface area contributed by atoms with Crippen molar-refractivity contribution in [3.63, 3.8) is 0 Å². The molecule has 0 aromatic heterocycles. The molecule has 4 nitrogen and oxygen atoms in total. The molecule has 0 aliphatic carbocycles. The number of fused-ring (bicyclic) bond motifs is 1.